The number of non-ortho nitro benzene ring substituents is 1. The summed E-state index contributed by atoms with van der Waals surface area (Å²) in [5, 5.41) is 13.6. The fourth-order valence-electron chi connectivity index (χ4n) is 3.29. The van der Waals surface area contributed by atoms with Crippen LogP contribution in [0.25, 0.3) is 0 Å². The average Bonchev–Trinajstić information content (AvgIpc) is 3.20. The van der Waals surface area contributed by atoms with Crippen LogP contribution >= 0.6 is 0 Å². The number of nitro benzene ring substituents is 1. The van der Waals surface area contributed by atoms with Gasteiger partial charge in [0.15, 0.2) is 6.10 Å². The number of nitrogens with two attached hydrogens (primary N) is 1. The summed E-state index contributed by atoms with van der Waals surface area (Å²) in [6.07, 6.45) is -1.10. The summed E-state index contributed by atoms with van der Waals surface area (Å²) >= 11 is 0. The first-order valence-corrected chi connectivity index (χ1v) is 10.0. The fraction of sp³-hybridized carbons (Fsp3) is 0.130. The number of rotatable bonds is 7. The number of nitrogens with one attached hydrogen (secondary N) is 1. The lowest BCUT2D eigenvalue weighted by Crippen LogP contribution is -2.26. The molecule has 1 heterocycles. The SMILES string of the molecule is Nc1ccccc1NC(=O)c1ccc(N2CC(COc3cccc([N+](=O)[O-])c3)OC2=O)cc1. The molecule has 10 nitrogen and oxygen atoms in total. The van der Waals surface area contributed by atoms with E-state index in [1.807, 2.05) is 0 Å². The standard InChI is InChI=1S/C23H20N4O6/c24-20-6-1-2-7-21(20)25-22(28)15-8-10-16(11-9-15)26-13-19(33-23(26)29)14-32-18-5-3-4-17(12-18)27(30)31/h1-12,19H,13-14,24H2,(H,25,28). The van der Waals surface area contributed by atoms with E-state index in [9.17, 15) is 19.7 Å². The van der Waals surface area contributed by atoms with Gasteiger partial charge in [-0.3, -0.25) is 19.8 Å². The Morgan fingerprint density at radius 3 is 2.64 bits per heavy atom. The molecule has 1 saturated heterocycles. The predicted molar refractivity (Wildman–Crippen MR) is 121 cm³/mol. The first-order valence-electron chi connectivity index (χ1n) is 10.0. The Morgan fingerprint density at radius 2 is 1.91 bits per heavy atom. The van der Waals surface area contributed by atoms with Gasteiger partial charge in [-0.05, 0) is 42.5 Å². The first kappa shape index (κ1) is 21.6. The minimum absolute atomic E-state index is 0.0440. The zero-order valence-electron chi connectivity index (χ0n) is 17.3. The highest BCUT2D eigenvalue weighted by molar-refractivity contribution is 6.06. The Balaban J connectivity index is 1.36. The second kappa shape index (κ2) is 9.27. The molecular weight excluding hydrogens is 428 g/mol. The number of hydrogen-bond donors (Lipinski definition) is 2. The van der Waals surface area contributed by atoms with Crippen molar-refractivity contribution in [1.82, 2.24) is 0 Å². The third-order valence-corrected chi connectivity index (χ3v) is 4.99. The van der Waals surface area contributed by atoms with E-state index in [0.717, 1.165) is 0 Å². The zero-order valence-corrected chi connectivity index (χ0v) is 17.3. The number of nitrogens with zero attached hydrogens (tertiary/aromatic N) is 2. The van der Waals surface area contributed by atoms with Gasteiger partial charge >= 0.3 is 6.09 Å². The summed E-state index contributed by atoms with van der Waals surface area (Å²) in [4.78, 5) is 36.6. The molecule has 0 aromatic heterocycles. The monoisotopic (exact) mass is 448 g/mol. The van der Waals surface area contributed by atoms with E-state index in [1.165, 1.54) is 23.1 Å². The predicted octanol–water partition coefficient (Wildman–Crippen LogP) is 3.83. The van der Waals surface area contributed by atoms with E-state index in [4.69, 9.17) is 15.2 Å². The molecule has 3 aromatic rings. The molecule has 4 rings (SSSR count). The Bertz CT molecular complexity index is 1200. The molecule has 33 heavy (non-hydrogen) atoms. The normalized spacial score (nSPS) is 15.1. The van der Waals surface area contributed by atoms with Crippen LogP contribution in [0, 0.1) is 10.1 Å². The van der Waals surface area contributed by atoms with Crippen molar-refractivity contribution >= 4 is 34.7 Å². The van der Waals surface area contributed by atoms with Gasteiger partial charge in [0, 0.05) is 17.3 Å². The topological polar surface area (TPSA) is 137 Å². The molecule has 2 amide bonds. The van der Waals surface area contributed by atoms with E-state index in [1.54, 1.807) is 54.6 Å². The lowest BCUT2D eigenvalue weighted by atomic mass is 10.1. The van der Waals surface area contributed by atoms with Crippen LogP contribution in [0.4, 0.5) is 27.5 Å². The Labute approximate surface area is 188 Å². The quantitative estimate of drug-likeness (QED) is 0.318. The second-order valence-corrected chi connectivity index (χ2v) is 7.27. The molecule has 0 bridgehead atoms. The molecule has 1 fully saturated rings. The molecule has 0 saturated carbocycles. The number of anilines is 3. The molecule has 1 unspecified atom stereocenters. The lowest BCUT2D eigenvalue weighted by Gasteiger charge is -2.14. The molecule has 0 aliphatic carbocycles. The van der Waals surface area contributed by atoms with Crippen molar-refractivity contribution in [3.8, 4) is 5.75 Å². The van der Waals surface area contributed by atoms with Crippen LogP contribution < -0.4 is 20.7 Å². The van der Waals surface area contributed by atoms with E-state index in [0.29, 0.717) is 28.4 Å². The molecule has 10 heteroatoms. The number of carbonyl (C=O) groups is 2. The molecule has 0 spiro atoms. The van der Waals surface area contributed by atoms with E-state index in [2.05, 4.69) is 5.32 Å². The highest BCUT2D eigenvalue weighted by atomic mass is 16.6. The summed E-state index contributed by atoms with van der Waals surface area (Å²) in [7, 11) is 0. The highest BCUT2D eigenvalue weighted by Crippen LogP contribution is 2.25. The summed E-state index contributed by atoms with van der Waals surface area (Å²) in [5.41, 5.74) is 7.71. The molecule has 1 atom stereocenters. The van der Waals surface area contributed by atoms with Crippen LogP contribution in [0.1, 0.15) is 10.4 Å². The molecule has 0 radical (unpaired) electrons. The van der Waals surface area contributed by atoms with E-state index in [-0.39, 0.29) is 24.7 Å². The molecule has 3 aromatic carbocycles. The molecule has 1 aliphatic heterocycles. The number of ether oxygens (including phenoxy) is 2. The van der Waals surface area contributed by atoms with Crippen LogP contribution in [0.15, 0.2) is 72.8 Å². The van der Waals surface area contributed by atoms with Crippen molar-refractivity contribution in [2.24, 2.45) is 0 Å². The van der Waals surface area contributed by atoms with Crippen LogP contribution in [0.5, 0.6) is 5.75 Å². The van der Waals surface area contributed by atoms with Gasteiger partial charge in [-0.15, -0.1) is 0 Å². The van der Waals surface area contributed by atoms with Gasteiger partial charge in [-0.25, -0.2) is 4.79 Å². The third-order valence-electron chi connectivity index (χ3n) is 4.99. The largest absolute Gasteiger partial charge is 0.489 e. The number of nitrogen functional groups attached to an aromatic ring is 1. The number of nitro groups is 1. The number of amides is 2. The van der Waals surface area contributed by atoms with Crippen molar-refractivity contribution in [2.45, 2.75) is 6.10 Å². The van der Waals surface area contributed by atoms with Gasteiger partial charge in [-0.1, -0.05) is 18.2 Å². The van der Waals surface area contributed by atoms with Crippen LogP contribution in [0.2, 0.25) is 0 Å². The summed E-state index contributed by atoms with van der Waals surface area (Å²) in [6, 6.07) is 19.2. The van der Waals surface area contributed by atoms with Gasteiger partial charge in [0.25, 0.3) is 11.6 Å². The van der Waals surface area contributed by atoms with Gasteiger partial charge in [0.2, 0.25) is 0 Å². The van der Waals surface area contributed by atoms with Crippen LogP contribution in [-0.2, 0) is 4.74 Å². The molecule has 3 N–H and O–H groups in total. The van der Waals surface area contributed by atoms with Crippen molar-refractivity contribution in [3.63, 3.8) is 0 Å². The van der Waals surface area contributed by atoms with Gasteiger partial charge in [0.05, 0.1) is 28.9 Å². The number of benzene rings is 3. The van der Waals surface area contributed by atoms with E-state index < -0.39 is 17.1 Å². The maximum atomic E-state index is 12.5. The van der Waals surface area contributed by atoms with Gasteiger partial charge in [-0.2, -0.15) is 0 Å². The Morgan fingerprint density at radius 1 is 1.15 bits per heavy atom. The second-order valence-electron chi connectivity index (χ2n) is 7.27. The van der Waals surface area contributed by atoms with Gasteiger partial charge in [0.1, 0.15) is 12.4 Å². The summed E-state index contributed by atoms with van der Waals surface area (Å²) < 4.78 is 10.9. The minimum Gasteiger partial charge on any atom is -0.489 e. The first-order chi connectivity index (χ1) is 15.9. The highest BCUT2D eigenvalue weighted by Gasteiger charge is 2.33. The Hall–Kier alpha value is -4.60. The van der Waals surface area contributed by atoms with Gasteiger partial charge < -0.3 is 20.5 Å². The van der Waals surface area contributed by atoms with Crippen LogP contribution in [0.3, 0.4) is 0 Å². The number of carbonyl (C=O) groups excluding carboxylic acids is 2. The third kappa shape index (κ3) is 5.01. The molecule has 1 aliphatic rings. The average molecular weight is 448 g/mol. The summed E-state index contributed by atoms with van der Waals surface area (Å²) in [5.74, 6) is -0.0141. The zero-order chi connectivity index (χ0) is 23.4. The summed E-state index contributed by atoms with van der Waals surface area (Å²) in [6.45, 7) is 0.280. The minimum atomic E-state index is -0.555. The number of cyclic esters (lactones) is 1. The maximum Gasteiger partial charge on any atom is 0.414 e. The molecular formula is C23H20N4O6. The fourth-order valence-corrected chi connectivity index (χ4v) is 3.29. The van der Waals surface area contributed by atoms with Crippen molar-refractivity contribution in [1.29, 1.82) is 0 Å². The number of para-hydroxylation sites is 2. The lowest BCUT2D eigenvalue weighted by molar-refractivity contribution is -0.384. The van der Waals surface area contributed by atoms with E-state index >= 15 is 0 Å². The number of hydrogen-bond acceptors (Lipinski definition) is 7. The van der Waals surface area contributed by atoms with Crippen molar-refractivity contribution < 1.29 is 24.0 Å². The maximum absolute atomic E-state index is 12.5. The Kier molecular flexibility index (Phi) is 6.07. The van der Waals surface area contributed by atoms with Crippen LogP contribution in [-0.4, -0.2) is 36.2 Å². The smallest absolute Gasteiger partial charge is 0.414 e. The van der Waals surface area contributed by atoms with Crippen molar-refractivity contribution in [2.75, 3.05) is 29.1 Å². The van der Waals surface area contributed by atoms with Crippen molar-refractivity contribution in [3.05, 3.63) is 88.5 Å². The molecule has 168 valence electrons.